The molecule has 0 bridgehead atoms. The van der Waals surface area contributed by atoms with E-state index in [1.807, 2.05) is 0 Å². The molecule has 0 spiro atoms. The molecule has 1 aromatic carbocycles. The Balaban J connectivity index is 2.74. The SMILES string of the molecule is COCCN(CC(=O)O)Cc1cc(F)ccc1Cl. The van der Waals surface area contributed by atoms with Crippen LogP contribution < -0.4 is 0 Å². The average molecular weight is 276 g/mol. The molecule has 0 heterocycles. The zero-order valence-corrected chi connectivity index (χ0v) is 10.8. The Kier molecular flexibility index (Phi) is 6.04. The van der Waals surface area contributed by atoms with Crippen LogP contribution in [0.2, 0.25) is 5.02 Å². The summed E-state index contributed by atoms with van der Waals surface area (Å²) in [5.41, 5.74) is 0.564. The van der Waals surface area contributed by atoms with Crippen LogP contribution in [-0.4, -0.2) is 42.8 Å². The van der Waals surface area contributed by atoms with E-state index < -0.39 is 11.8 Å². The van der Waals surface area contributed by atoms with Crippen molar-refractivity contribution in [3.8, 4) is 0 Å². The normalized spacial score (nSPS) is 10.9. The molecule has 1 N–H and O–H groups in total. The Bertz CT molecular complexity index is 414. The molecule has 0 aliphatic heterocycles. The summed E-state index contributed by atoms with van der Waals surface area (Å²) in [4.78, 5) is 12.4. The van der Waals surface area contributed by atoms with E-state index in [4.69, 9.17) is 21.4 Å². The lowest BCUT2D eigenvalue weighted by molar-refractivity contribution is -0.138. The van der Waals surface area contributed by atoms with Gasteiger partial charge in [0, 0.05) is 25.2 Å². The van der Waals surface area contributed by atoms with Crippen molar-refractivity contribution in [1.29, 1.82) is 0 Å². The van der Waals surface area contributed by atoms with Crippen molar-refractivity contribution in [2.24, 2.45) is 0 Å². The van der Waals surface area contributed by atoms with E-state index >= 15 is 0 Å². The monoisotopic (exact) mass is 275 g/mol. The van der Waals surface area contributed by atoms with Gasteiger partial charge in [0.05, 0.1) is 13.2 Å². The number of benzene rings is 1. The van der Waals surface area contributed by atoms with E-state index in [9.17, 15) is 9.18 Å². The molecule has 100 valence electrons. The smallest absolute Gasteiger partial charge is 0.317 e. The number of carboxylic acid groups (broad SMARTS) is 1. The third-order valence-electron chi connectivity index (χ3n) is 2.37. The average Bonchev–Trinajstić information content (AvgIpc) is 2.30. The van der Waals surface area contributed by atoms with Gasteiger partial charge in [0.1, 0.15) is 5.82 Å². The number of ether oxygens (including phenoxy) is 1. The van der Waals surface area contributed by atoms with Gasteiger partial charge < -0.3 is 9.84 Å². The van der Waals surface area contributed by atoms with Gasteiger partial charge in [-0.25, -0.2) is 4.39 Å². The van der Waals surface area contributed by atoms with Gasteiger partial charge in [-0.05, 0) is 23.8 Å². The van der Waals surface area contributed by atoms with Gasteiger partial charge >= 0.3 is 5.97 Å². The fourth-order valence-electron chi connectivity index (χ4n) is 1.53. The number of hydrogen-bond donors (Lipinski definition) is 1. The highest BCUT2D eigenvalue weighted by molar-refractivity contribution is 6.31. The molecule has 4 nitrogen and oxygen atoms in total. The molecule has 0 radical (unpaired) electrons. The Morgan fingerprint density at radius 1 is 1.56 bits per heavy atom. The molecule has 0 saturated heterocycles. The first-order valence-corrected chi connectivity index (χ1v) is 5.77. The molecule has 0 atom stereocenters. The lowest BCUT2D eigenvalue weighted by atomic mass is 10.2. The van der Waals surface area contributed by atoms with Crippen LogP contribution in [-0.2, 0) is 16.1 Å². The second-order valence-corrected chi connectivity index (χ2v) is 4.24. The molecule has 6 heteroatoms. The predicted molar refractivity (Wildman–Crippen MR) is 66.2 cm³/mol. The number of carboxylic acids is 1. The third kappa shape index (κ3) is 5.00. The van der Waals surface area contributed by atoms with E-state index in [0.29, 0.717) is 23.7 Å². The zero-order valence-electron chi connectivity index (χ0n) is 10.0. The minimum Gasteiger partial charge on any atom is -0.480 e. The van der Waals surface area contributed by atoms with Crippen LogP contribution in [0.4, 0.5) is 4.39 Å². The zero-order chi connectivity index (χ0) is 13.5. The molecule has 18 heavy (non-hydrogen) atoms. The highest BCUT2D eigenvalue weighted by atomic mass is 35.5. The first-order valence-electron chi connectivity index (χ1n) is 5.40. The van der Waals surface area contributed by atoms with Gasteiger partial charge in [-0.3, -0.25) is 9.69 Å². The Morgan fingerprint density at radius 3 is 2.89 bits per heavy atom. The van der Waals surface area contributed by atoms with Crippen molar-refractivity contribution in [2.45, 2.75) is 6.54 Å². The summed E-state index contributed by atoms with van der Waals surface area (Å²) < 4.78 is 18.0. The van der Waals surface area contributed by atoms with Gasteiger partial charge in [-0.1, -0.05) is 11.6 Å². The van der Waals surface area contributed by atoms with Crippen LogP contribution >= 0.6 is 11.6 Å². The number of hydrogen-bond acceptors (Lipinski definition) is 3. The van der Waals surface area contributed by atoms with E-state index in [2.05, 4.69) is 0 Å². The number of aliphatic carboxylic acids is 1. The summed E-state index contributed by atoms with van der Waals surface area (Å²) >= 11 is 5.94. The number of halogens is 2. The highest BCUT2D eigenvalue weighted by Gasteiger charge is 2.12. The number of methoxy groups -OCH3 is 1. The molecule has 1 rings (SSSR count). The van der Waals surface area contributed by atoms with Crippen LogP contribution in [0.15, 0.2) is 18.2 Å². The number of nitrogens with zero attached hydrogens (tertiary/aromatic N) is 1. The first kappa shape index (κ1) is 14.9. The summed E-state index contributed by atoms with van der Waals surface area (Å²) in [7, 11) is 1.54. The molecule has 1 aromatic rings. The second-order valence-electron chi connectivity index (χ2n) is 3.83. The molecule has 0 aliphatic carbocycles. The summed E-state index contributed by atoms with van der Waals surface area (Å²) in [6.07, 6.45) is 0. The standard InChI is InChI=1S/C12H15ClFNO3/c1-18-5-4-15(8-12(16)17)7-9-6-10(14)2-3-11(9)13/h2-3,6H,4-5,7-8H2,1H3,(H,16,17). The number of carbonyl (C=O) groups is 1. The summed E-state index contributed by atoms with van der Waals surface area (Å²) in [5, 5.41) is 9.22. The summed E-state index contributed by atoms with van der Waals surface area (Å²) in [5.74, 6) is -1.34. The topological polar surface area (TPSA) is 49.8 Å². The fraction of sp³-hybridized carbons (Fsp3) is 0.417. The van der Waals surface area contributed by atoms with E-state index in [1.54, 1.807) is 4.90 Å². The highest BCUT2D eigenvalue weighted by Crippen LogP contribution is 2.18. The minimum atomic E-state index is -0.946. The third-order valence-corrected chi connectivity index (χ3v) is 2.74. The van der Waals surface area contributed by atoms with Crippen LogP contribution in [0.5, 0.6) is 0 Å². The van der Waals surface area contributed by atoms with Gasteiger partial charge in [-0.2, -0.15) is 0 Å². The Hall–Kier alpha value is -1.17. The predicted octanol–water partition coefficient (Wildman–Crippen LogP) is 2.01. The number of rotatable bonds is 7. The maximum Gasteiger partial charge on any atom is 0.317 e. The van der Waals surface area contributed by atoms with E-state index in [-0.39, 0.29) is 13.1 Å². The fourth-order valence-corrected chi connectivity index (χ4v) is 1.71. The van der Waals surface area contributed by atoms with Crippen LogP contribution in [0.1, 0.15) is 5.56 Å². The van der Waals surface area contributed by atoms with Crippen LogP contribution in [0, 0.1) is 5.82 Å². The lowest BCUT2D eigenvalue weighted by Crippen LogP contribution is -2.32. The van der Waals surface area contributed by atoms with Crippen molar-refractivity contribution in [2.75, 3.05) is 26.8 Å². The summed E-state index contributed by atoms with van der Waals surface area (Å²) in [6, 6.07) is 4.04. The van der Waals surface area contributed by atoms with Gasteiger partial charge in [0.25, 0.3) is 0 Å². The van der Waals surface area contributed by atoms with Crippen LogP contribution in [0.3, 0.4) is 0 Å². The van der Waals surface area contributed by atoms with Gasteiger partial charge in [0.2, 0.25) is 0 Å². The molecule has 0 fully saturated rings. The van der Waals surface area contributed by atoms with E-state index in [1.165, 1.54) is 25.3 Å². The summed E-state index contributed by atoms with van der Waals surface area (Å²) in [6.45, 7) is 0.971. The maximum atomic E-state index is 13.1. The second kappa shape index (κ2) is 7.31. The lowest BCUT2D eigenvalue weighted by Gasteiger charge is -2.20. The van der Waals surface area contributed by atoms with Gasteiger partial charge in [-0.15, -0.1) is 0 Å². The van der Waals surface area contributed by atoms with Crippen molar-refractivity contribution >= 4 is 17.6 Å². The van der Waals surface area contributed by atoms with Crippen molar-refractivity contribution in [3.63, 3.8) is 0 Å². The quantitative estimate of drug-likeness (QED) is 0.827. The molecular weight excluding hydrogens is 261 g/mol. The molecule has 0 amide bonds. The first-order chi connectivity index (χ1) is 8.52. The van der Waals surface area contributed by atoms with Crippen LogP contribution in [0.25, 0.3) is 0 Å². The molecule has 0 aliphatic rings. The molecule has 0 aromatic heterocycles. The Morgan fingerprint density at radius 2 is 2.28 bits per heavy atom. The van der Waals surface area contributed by atoms with Gasteiger partial charge in [0.15, 0.2) is 0 Å². The molecule has 0 unspecified atom stereocenters. The van der Waals surface area contributed by atoms with Crippen molar-refractivity contribution in [1.82, 2.24) is 4.90 Å². The largest absolute Gasteiger partial charge is 0.480 e. The van der Waals surface area contributed by atoms with Crippen molar-refractivity contribution < 1.29 is 19.0 Å². The minimum absolute atomic E-state index is 0.143. The Labute approximate surface area is 110 Å². The molecule has 0 saturated carbocycles. The van der Waals surface area contributed by atoms with E-state index in [0.717, 1.165) is 0 Å². The van der Waals surface area contributed by atoms with Crippen molar-refractivity contribution in [3.05, 3.63) is 34.6 Å². The molecular formula is C12H15ClFNO3. The maximum absolute atomic E-state index is 13.1.